The molecule has 88 valence electrons. The fourth-order valence-corrected chi connectivity index (χ4v) is 1.33. The van der Waals surface area contributed by atoms with E-state index in [9.17, 15) is 9.18 Å². The normalized spacial score (nSPS) is 12.6. The van der Waals surface area contributed by atoms with Crippen LogP contribution in [0.5, 0.6) is 0 Å². The van der Waals surface area contributed by atoms with Crippen LogP contribution in [-0.2, 0) is 0 Å². The first-order valence-electron chi connectivity index (χ1n) is 5.49. The van der Waals surface area contributed by atoms with Crippen molar-refractivity contribution < 1.29 is 9.18 Å². The summed E-state index contributed by atoms with van der Waals surface area (Å²) in [5.41, 5.74) is 1.20. The van der Waals surface area contributed by atoms with Gasteiger partial charge in [-0.2, -0.15) is 0 Å². The Morgan fingerprint density at radius 3 is 2.44 bits per heavy atom. The van der Waals surface area contributed by atoms with E-state index in [0.717, 1.165) is 0 Å². The Morgan fingerprint density at radius 1 is 1.31 bits per heavy atom. The maximum absolute atomic E-state index is 12.9. The molecule has 0 aliphatic carbocycles. The molecular weight excluding hydrogens is 205 g/mol. The molecule has 0 radical (unpaired) electrons. The van der Waals surface area contributed by atoms with Crippen molar-refractivity contribution in [2.45, 2.75) is 33.7 Å². The van der Waals surface area contributed by atoms with Crippen LogP contribution in [0.2, 0.25) is 0 Å². The Bertz CT molecular complexity index is 388. The quantitative estimate of drug-likeness (QED) is 0.838. The van der Waals surface area contributed by atoms with E-state index in [-0.39, 0.29) is 17.8 Å². The third-order valence-electron chi connectivity index (χ3n) is 2.79. The molecule has 1 N–H and O–H groups in total. The van der Waals surface area contributed by atoms with Crippen molar-refractivity contribution in [3.8, 4) is 0 Å². The Morgan fingerprint density at radius 2 is 1.94 bits per heavy atom. The monoisotopic (exact) mass is 223 g/mol. The SMILES string of the molecule is Cc1cc(F)ccc1C(=O)N[C@H](C)C(C)C. The fraction of sp³-hybridized carbons (Fsp3) is 0.462. The minimum atomic E-state index is -0.314. The van der Waals surface area contributed by atoms with Crippen LogP contribution in [0.1, 0.15) is 36.7 Å². The molecule has 1 aromatic rings. The van der Waals surface area contributed by atoms with Gasteiger partial charge in [-0.15, -0.1) is 0 Å². The second kappa shape index (κ2) is 5.10. The van der Waals surface area contributed by atoms with Crippen LogP contribution < -0.4 is 5.32 Å². The van der Waals surface area contributed by atoms with Gasteiger partial charge in [-0.05, 0) is 43.5 Å². The molecule has 1 atom stereocenters. The van der Waals surface area contributed by atoms with Crippen molar-refractivity contribution in [3.63, 3.8) is 0 Å². The Kier molecular flexibility index (Phi) is 4.05. The molecule has 0 unspecified atom stereocenters. The van der Waals surface area contributed by atoms with Gasteiger partial charge in [0.15, 0.2) is 0 Å². The Hall–Kier alpha value is -1.38. The van der Waals surface area contributed by atoms with Crippen molar-refractivity contribution in [2.24, 2.45) is 5.92 Å². The summed E-state index contributed by atoms with van der Waals surface area (Å²) in [4.78, 5) is 11.9. The van der Waals surface area contributed by atoms with Crippen LogP contribution in [0.15, 0.2) is 18.2 Å². The van der Waals surface area contributed by atoms with Crippen LogP contribution in [-0.4, -0.2) is 11.9 Å². The molecule has 0 aromatic heterocycles. The topological polar surface area (TPSA) is 29.1 Å². The summed E-state index contributed by atoms with van der Waals surface area (Å²) < 4.78 is 12.9. The second-order valence-electron chi connectivity index (χ2n) is 4.47. The number of hydrogen-bond acceptors (Lipinski definition) is 1. The molecule has 0 fully saturated rings. The van der Waals surface area contributed by atoms with Crippen molar-refractivity contribution in [3.05, 3.63) is 35.1 Å². The van der Waals surface area contributed by atoms with Gasteiger partial charge in [0.25, 0.3) is 5.91 Å². The summed E-state index contributed by atoms with van der Waals surface area (Å²) >= 11 is 0. The van der Waals surface area contributed by atoms with Crippen molar-refractivity contribution in [1.29, 1.82) is 0 Å². The number of carbonyl (C=O) groups is 1. The first-order chi connectivity index (χ1) is 7.41. The van der Waals surface area contributed by atoms with Crippen LogP contribution in [0, 0.1) is 18.7 Å². The van der Waals surface area contributed by atoms with E-state index in [4.69, 9.17) is 0 Å². The van der Waals surface area contributed by atoms with Gasteiger partial charge in [0.2, 0.25) is 0 Å². The maximum atomic E-state index is 12.9. The van der Waals surface area contributed by atoms with Crippen LogP contribution in [0.3, 0.4) is 0 Å². The summed E-state index contributed by atoms with van der Waals surface area (Å²) in [5.74, 6) is -0.0747. The summed E-state index contributed by atoms with van der Waals surface area (Å²) in [6.07, 6.45) is 0. The first kappa shape index (κ1) is 12.7. The van der Waals surface area contributed by atoms with Crippen molar-refractivity contribution in [2.75, 3.05) is 0 Å². The molecular formula is C13H18FNO. The van der Waals surface area contributed by atoms with Gasteiger partial charge < -0.3 is 5.32 Å². The molecule has 3 heteroatoms. The summed E-state index contributed by atoms with van der Waals surface area (Å²) in [6.45, 7) is 7.78. The van der Waals surface area contributed by atoms with Gasteiger partial charge in [-0.1, -0.05) is 13.8 Å². The molecule has 0 aliphatic heterocycles. The van der Waals surface area contributed by atoms with Gasteiger partial charge in [0.1, 0.15) is 5.82 Å². The second-order valence-corrected chi connectivity index (χ2v) is 4.47. The summed E-state index contributed by atoms with van der Waals surface area (Å²) in [6, 6.07) is 4.31. The molecule has 0 saturated carbocycles. The number of carbonyl (C=O) groups excluding carboxylic acids is 1. The lowest BCUT2D eigenvalue weighted by atomic mass is 10.0. The highest BCUT2D eigenvalue weighted by Crippen LogP contribution is 2.11. The summed E-state index contributed by atoms with van der Waals surface area (Å²) in [7, 11) is 0. The van der Waals surface area contributed by atoms with E-state index in [1.807, 2.05) is 20.8 Å². The Balaban J connectivity index is 2.81. The van der Waals surface area contributed by atoms with Crippen molar-refractivity contribution >= 4 is 5.91 Å². The lowest BCUT2D eigenvalue weighted by Gasteiger charge is -2.18. The van der Waals surface area contributed by atoms with Gasteiger partial charge in [-0.25, -0.2) is 4.39 Å². The number of aryl methyl sites for hydroxylation is 1. The highest BCUT2D eigenvalue weighted by Gasteiger charge is 2.14. The molecule has 0 heterocycles. The van der Waals surface area contributed by atoms with E-state index in [1.165, 1.54) is 18.2 Å². The number of amides is 1. The number of halogens is 1. The minimum absolute atomic E-state index is 0.108. The highest BCUT2D eigenvalue weighted by molar-refractivity contribution is 5.95. The third-order valence-corrected chi connectivity index (χ3v) is 2.79. The van der Waals surface area contributed by atoms with Gasteiger partial charge in [-0.3, -0.25) is 4.79 Å². The molecule has 1 aromatic carbocycles. The zero-order chi connectivity index (χ0) is 12.3. The van der Waals surface area contributed by atoms with Crippen LogP contribution >= 0.6 is 0 Å². The molecule has 16 heavy (non-hydrogen) atoms. The maximum Gasteiger partial charge on any atom is 0.251 e. The number of rotatable bonds is 3. The third kappa shape index (κ3) is 3.05. The molecule has 1 rings (SSSR count). The van der Waals surface area contributed by atoms with E-state index < -0.39 is 0 Å². The fourth-order valence-electron chi connectivity index (χ4n) is 1.33. The minimum Gasteiger partial charge on any atom is -0.349 e. The number of hydrogen-bond donors (Lipinski definition) is 1. The van der Waals surface area contributed by atoms with E-state index in [2.05, 4.69) is 5.32 Å². The highest BCUT2D eigenvalue weighted by atomic mass is 19.1. The molecule has 0 bridgehead atoms. The molecule has 0 spiro atoms. The zero-order valence-electron chi connectivity index (χ0n) is 10.2. The standard InChI is InChI=1S/C13H18FNO/c1-8(2)10(4)15-13(16)12-6-5-11(14)7-9(12)3/h5-8,10H,1-4H3,(H,15,16)/t10-/m1/s1. The number of nitrogens with one attached hydrogen (secondary N) is 1. The van der Waals surface area contributed by atoms with E-state index in [1.54, 1.807) is 6.92 Å². The molecule has 1 amide bonds. The molecule has 0 aliphatic rings. The van der Waals surface area contributed by atoms with Gasteiger partial charge in [0.05, 0.1) is 0 Å². The van der Waals surface area contributed by atoms with E-state index in [0.29, 0.717) is 17.0 Å². The molecule has 2 nitrogen and oxygen atoms in total. The average molecular weight is 223 g/mol. The predicted molar refractivity (Wildman–Crippen MR) is 62.9 cm³/mol. The van der Waals surface area contributed by atoms with Gasteiger partial charge >= 0.3 is 0 Å². The number of benzene rings is 1. The average Bonchev–Trinajstić information content (AvgIpc) is 2.16. The van der Waals surface area contributed by atoms with E-state index >= 15 is 0 Å². The molecule has 0 saturated heterocycles. The Labute approximate surface area is 95.9 Å². The first-order valence-corrected chi connectivity index (χ1v) is 5.49. The zero-order valence-corrected chi connectivity index (χ0v) is 10.2. The predicted octanol–water partition coefficient (Wildman–Crippen LogP) is 2.91. The van der Waals surface area contributed by atoms with Crippen LogP contribution in [0.25, 0.3) is 0 Å². The summed E-state index contributed by atoms with van der Waals surface area (Å²) in [5, 5.41) is 2.89. The van der Waals surface area contributed by atoms with Crippen molar-refractivity contribution in [1.82, 2.24) is 5.32 Å². The lowest BCUT2D eigenvalue weighted by Crippen LogP contribution is -2.36. The lowest BCUT2D eigenvalue weighted by molar-refractivity contribution is 0.0930. The van der Waals surface area contributed by atoms with Gasteiger partial charge in [0, 0.05) is 11.6 Å². The van der Waals surface area contributed by atoms with Crippen LogP contribution in [0.4, 0.5) is 4.39 Å². The largest absolute Gasteiger partial charge is 0.349 e. The smallest absolute Gasteiger partial charge is 0.251 e.